The first-order valence-corrected chi connectivity index (χ1v) is 9.61. The van der Waals surface area contributed by atoms with Gasteiger partial charge in [0.25, 0.3) is 0 Å². The molecule has 2 aromatic carbocycles. The molecule has 9 heteroatoms. The molecule has 8 nitrogen and oxygen atoms in total. The van der Waals surface area contributed by atoms with Crippen molar-refractivity contribution in [3.63, 3.8) is 0 Å². The van der Waals surface area contributed by atoms with E-state index in [4.69, 9.17) is 12.8 Å². The number of carbonyl (C=O) groups excluding carboxylic acids is 1. The van der Waals surface area contributed by atoms with E-state index >= 15 is 0 Å². The van der Waals surface area contributed by atoms with E-state index in [9.17, 15) is 23.1 Å². The second-order valence-electron chi connectivity index (χ2n) is 6.36. The van der Waals surface area contributed by atoms with E-state index in [0.717, 1.165) is 0 Å². The van der Waals surface area contributed by atoms with E-state index in [2.05, 4.69) is 0 Å². The van der Waals surface area contributed by atoms with Crippen LogP contribution in [0.2, 0.25) is 0 Å². The van der Waals surface area contributed by atoms with Crippen LogP contribution in [0, 0.1) is 0 Å². The van der Waals surface area contributed by atoms with Gasteiger partial charge in [0.1, 0.15) is 22.5 Å². The van der Waals surface area contributed by atoms with Gasteiger partial charge in [-0.2, -0.15) is 0 Å². The van der Waals surface area contributed by atoms with Crippen LogP contribution in [-0.2, 0) is 15.2 Å². The maximum Gasteiger partial charge on any atom is 0.501 e. The summed E-state index contributed by atoms with van der Waals surface area (Å²) < 4.78 is 38.1. The number of benzene rings is 2. The van der Waals surface area contributed by atoms with Gasteiger partial charge in [0.05, 0.1) is 5.56 Å². The maximum absolute atomic E-state index is 12.6. The lowest BCUT2D eigenvalue weighted by Gasteiger charge is -2.17. The molecule has 1 aliphatic rings. The van der Waals surface area contributed by atoms with Crippen molar-refractivity contribution in [1.29, 1.82) is 0 Å². The zero-order valence-corrected chi connectivity index (χ0v) is 15.4. The summed E-state index contributed by atoms with van der Waals surface area (Å²) in [5, 5.41) is 10.8. The highest BCUT2D eigenvalue weighted by Crippen LogP contribution is 2.47. The Morgan fingerprint density at radius 3 is 2.50 bits per heavy atom. The molecule has 0 bridgehead atoms. The first-order chi connectivity index (χ1) is 13.3. The van der Waals surface area contributed by atoms with Crippen molar-refractivity contribution in [1.82, 2.24) is 0 Å². The van der Waals surface area contributed by atoms with Crippen molar-refractivity contribution >= 4 is 27.2 Å². The summed E-state index contributed by atoms with van der Waals surface area (Å²) in [5.41, 5.74) is -0.436. The fourth-order valence-electron chi connectivity index (χ4n) is 3.29. The highest BCUT2D eigenvalue weighted by atomic mass is 32.3. The van der Waals surface area contributed by atoms with E-state index in [1.165, 1.54) is 19.1 Å². The third kappa shape index (κ3) is 2.99. The molecule has 1 aromatic heterocycles. The van der Waals surface area contributed by atoms with Gasteiger partial charge in [0, 0.05) is 12.3 Å². The quantitative estimate of drug-likeness (QED) is 0.661. The molecule has 3 aromatic rings. The van der Waals surface area contributed by atoms with Gasteiger partial charge in [-0.05, 0) is 24.6 Å². The van der Waals surface area contributed by atoms with Crippen molar-refractivity contribution in [2.75, 3.05) is 0 Å². The predicted octanol–water partition coefficient (Wildman–Crippen LogP) is 2.63. The van der Waals surface area contributed by atoms with Gasteiger partial charge in [-0.25, -0.2) is 4.79 Å². The summed E-state index contributed by atoms with van der Waals surface area (Å²) in [6.45, 7) is 1.37. The Bertz CT molecular complexity index is 1260. The van der Waals surface area contributed by atoms with E-state index in [1.807, 2.05) is 0 Å². The Balaban J connectivity index is 2.01. The van der Waals surface area contributed by atoms with Gasteiger partial charge in [-0.3, -0.25) is 4.79 Å². The molecule has 4 rings (SSSR count). The van der Waals surface area contributed by atoms with Crippen LogP contribution in [0.15, 0.2) is 51.7 Å². The lowest BCUT2D eigenvalue weighted by Crippen LogP contribution is -2.16. The van der Waals surface area contributed by atoms with Crippen LogP contribution in [0.5, 0.6) is 17.2 Å². The average Bonchev–Trinajstić information content (AvgIpc) is 2.94. The Labute approximate surface area is 159 Å². The number of fused-ring (bicyclic) bond motifs is 3. The van der Waals surface area contributed by atoms with E-state index in [-0.39, 0.29) is 40.2 Å². The molecule has 1 atom stereocenters. The van der Waals surface area contributed by atoms with Crippen molar-refractivity contribution in [3.05, 3.63) is 64.0 Å². The summed E-state index contributed by atoms with van der Waals surface area (Å²) in [6, 6.07) is 11.2. The fourth-order valence-corrected chi connectivity index (χ4v) is 4.04. The molecular weight excluding hydrogens is 388 g/mol. The smallest absolute Gasteiger partial charge is 0.501 e. The number of hydrogen-bond acceptors (Lipinski definition) is 8. The minimum absolute atomic E-state index is 0.0570. The lowest BCUT2D eigenvalue weighted by atomic mass is 9.87. The Morgan fingerprint density at radius 2 is 1.82 bits per heavy atom. The van der Waals surface area contributed by atoms with Crippen molar-refractivity contribution < 1.29 is 31.1 Å². The van der Waals surface area contributed by atoms with Crippen LogP contribution in [0.1, 0.15) is 30.4 Å². The Hall–Kier alpha value is -3.33. The summed E-state index contributed by atoms with van der Waals surface area (Å²) in [7, 11) is -4.31. The third-order valence-corrected chi connectivity index (χ3v) is 5.17. The molecule has 1 aliphatic heterocycles. The summed E-state index contributed by atoms with van der Waals surface area (Å²) in [6.07, 6.45) is -0.0570. The molecule has 28 heavy (non-hydrogen) atoms. The molecule has 1 N–H and O–H groups in total. The van der Waals surface area contributed by atoms with Gasteiger partial charge in [0.15, 0.2) is 5.75 Å². The topological polar surface area (TPSA) is 120 Å². The Kier molecular flexibility index (Phi) is 4.11. The molecule has 0 spiro atoms. The van der Waals surface area contributed by atoms with E-state index < -0.39 is 27.7 Å². The van der Waals surface area contributed by atoms with E-state index in [0.29, 0.717) is 5.56 Å². The lowest BCUT2D eigenvalue weighted by molar-refractivity contribution is -0.117. The van der Waals surface area contributed by atoms with Gasteiger partial charge >= 0.3 is 16.0 Å². The highest BCUT2D eigenvalue weighted by Gasteiger charge is 2.34. The second kappa shape index (κ2) is 6.38. The monoisotopic (exact) mass is 402 g/mol. The van der Waals surface area contributed by atoms with Crippen molar-refractivity contribution in [2.24, 2.45) is 0 Å². The number of Topliss-reactive ketones (excluding diaryl/α,β-unsaturated/α-hetero) is 1. The largest absolute Gasteiger partial charge is 0.506 e. The molecular formula is C19H14O8S. The minimum Gasteiger partial charge on any atom is -0.506 e. The SMILES string of the molecule is CC(=O)CC(c1ccccc1)c1c(O)c2c3c(ccc2oc1=O)OS(=O)(=O)O3. The molecule has 144 valence electrons. The number of rotatable bonds is 4. The van der Waals surface area contributed by atoms with Gasteiger partial charge in [0.2, 0.25) is 5.75 Å². The fraction of sp³-hybridized carbons (Fsp3) is 0.158. The first-order valence-electron chi connectivity index (χ1n) is 8.28. The molecule has 0 amide bonds. The van der Waals surface area contributed by atoms with Gasteiger partial charge in [-0.1, -0.05) is 30.3 Å². The molecule has 0 saturated heterocycles. The maximum atomic E-state index is 12.6. The van der Waals surface area contributed by atoms with Crippen LogP contribution < -0.4 is 14.0 Å². The van der Waals surface area contributed by atoms with Crippen molar-refractivity contribution in [3.8, 4) is 17.2 Å². The van der Waals surface area contributed by atoms with Crippen LogP contribution in [0.4, 0.5) is 0 Å². The number of ketones is 1. The molecule has 0 fully saturated rings. The molecule has 2 heterocycles. The summed E-state index contributed by atoms with van der Waals surface area (Å²) in [5.74, 6) is -1.90. The standard InChI is InChI=1S/C19H14O8S/c1-10(20)9-12(11-5-3-2-4-6-11)15-17(21)16-13(25-19(15)22)7-8-14-18(16)27-28(23,24)26-14/h2-8,12,21H,9H2,1H3. The minimum atomic E-state index is -4.31. The summed E-state index contributed by atoms with van der Waals surface area (Å²) >= 11 is 0. The van der Waals surface area contributed by atoms with Gasteiger partial charge < -0.3 is 17.9 Å². The number of aromatic hydroxyl groups is 1. The zero-order valence-electron chi connectivity index (χ0n) is 14.5. The second-order valence-corrected chi connectivity index (χ2v) is 7.51. The molecule has 0 aliphatic carbocycles. The number of carbonyl (C=O) groups is 1. The summed E-state index contributed by atoms with van der Waals surface area (Å²) in [4.78, 5) is 24.5. The Morgan fingerprint density at radius 1 is 1.11 bits per heavy atom. The van der Waals surface area contributed by atoms with Crippen LogP contribution in [0.25, 0.3) is 11.0 Å². The number of hydrogen-bond donors (Lipinski definition) is 1. The van der Waals surface area contributed by atoms with E-state index in [1.54, 1.807) is 30.3 Å². The predicted molar refractivity (Wildman–Crippen MR) is 97.9 cm³/mol. The average molecular weight is 402 g/mol. The van der Waals surface area contributed by atoms with Gasteiger partial charge in [-0.15, -0.1) is 8.42 Å². The molecule has 0 radical (unpaired) electrons. The molecule has 1 unspecified atom stereocenters. The van der Waals surface area contributed by atoms with Crippen molar-refractivity contribution in [2.45, 2.75) is 19.3 Å². The van der Waals surface area contributed by atoms with Crippen LogP contribution in [0.3, 0.4) is 0 Å². The third-order valence-electron chi connectivity index (χ3n) is 4.42. The highest BCUT2D eigenvalue weighted by molar-refractivity contribution is 7.82. The van der Waals surface area contributed by atoms with Crippen LogP contribution >= 0.6 is 0 Å². The zero-order chi connectivity index (χ0) is 20.1. The molecule has 0 saturated carbocycles. The normalized spacial score (nSPS) is 15.5. The van der Waals surface area contributed by atoms with Crippen LogP contribution in [-0.4, -0.2) is 19.3 Å². The first kappa shape index (κ1) is 18.1.